The molecule has 0 bridgehead atoms. The first-order valence-corrected chi connectivity index (χ1v) is 29.1. The van der Waals surface area contributed by atoms with E-state index in [-0.39, 0.29) is 31.1 Å². The fourth-order valence-corrected chi connectivity index (χ4v) is 8.04. The Morgan fingerprint density at radius 3 is 0.986 bits per heavy atom. The highest BCUT2D eigenvalue weighted by atomic mass is 16.6. The summed E-state index contributed by atoms with van der Waals surface area (Å²) in [6.45, 7) is 6.44. The lowest BCUT2D eigenvalue weighted by atomic mass is 10.0. The predicted octanol–water partition coefficient (Wildman–Crippen LogP) is 19.5. The van der Waals surface area contributed by atoms with Crippen molar-refractivity contribution >= 4 is 17.9 Å². The summed E-state index contributed by atoms with van der Waals surface area (Å²) in [7, 11) is 0. The summed E-state index contributed by atoms with van der Waals surface area (Å²) < 4.78 is 16.8. The van der Waals surface area contributed by atoms with Crippen LogP contribution in [0.3, 0.4) is 0 Å². The fourth-order valence-electron chi connectivity index (χ4n) is 8.04. The number of hydrogen-bond donors (Lipinski definition) is 0. The van der Waals surface area contributed by atoms with Crippen molar-refractivity contribution < 1.29 is 28.6 Å². The molecule has 0 rings (SSSR count). The zero-order valence-electron chi connectivity index (χ0n) is 45.3. The maximum Gasteiger partial charge on any atom is 0.306 e. The Hall–Kier alpha value is -3.41. The van der Waals surface area contributed by atoms with Crippen LogP contribution in [0.2, 0.25) is 0 Å². The number of rotatable bonds is 52. The second-order valence-corrected chi connectivity index (χ2v) is 19.2. The summed E-state index contributed by atoms with van der Waals surface area (Å²) in [6.07, 6.45) is 74.5. The number of carbonyl (C=O) groups is 3. The molecule has 0 amide bonds. The van der Waals surface area contributed by atoms with Crippen molar-refractivity contribution in [1.29, 1.82) is 0 Å². The third-order valence-corrected chi connectivity index (χ3v) is 12.4. The quantitative estimate of drug-likeness (QED) is 0.0262. The normalized spacial score (nSPS) is 12.7. The van der Waals surface area contributed by atoms with Crippen LogP contribution in [0.25, 0.3) is 0 Å². The Kier molecular flexibility index (Phi) is 54.3. The first-order chi connectivity index (χ1) is 34.0. The minimum absolute atomic E-state index is 0.0934. The molecule has 0 aliphatic carbocycles. The molecule has 0 aliphatic rings. The number of carbonyl (C=O) groups excluding carboxylic acids is 3. The molecule has 0 aromatic heterocycles. The van der Waals surface area contributed by atoms with Crippen LogP contribution in [0.5, 0.6) is 0 Å². The van der Waals surface area contributed by atoms with Crippen LogP contribution in [-0.2, 0) is 28.6 Å². The van der Waals surface area contributed by atoms with Crippen LogP contribution in [0.4, 0.5) is 0 Å². The lowest BCUT2D eigenvalue weighted by Gasteiger charge is -2.18. The summed E-state index contributed by atoms with van der Waals surface area (Å²) in [6, 6.07) is 0. The van der Waals surface area contributed by atoms with Crippen molar-refractivity contribution in [3.8, 4) is 0 Å². The van der Waals surface area contributed by atoms with Gasteiger partial charge in [0.15, 0.2) is 6.10 Å². The summed E-state index contributed by atoms with van der Waals surface area (Å²) in [5.74, 6) is -0.941. The van der Waals surface area contributed by atoms with Gasteiger partial charge in [-0.2, -0.15) is 0 Å². The number of esters is 3. The van der Waals surface area contributed by atoms with E-state index in [1.807, 2.05) is 0 Å². The van der Waals surface area contributed by atoms with Gasteiger partial charge in [0.1, 0.15) is 13.2 Å². The van der Waals surface area contributed by atoms with Crippen LogP contribution in [0, 0.1) is 0 Å². The molecular weight excluding hydrogens is 853 g/mol. The van der Waals surface area contributed by atoms with Crippen molar-refractivity contribution in [3.05, 3.63) is 85.1 Å². The zero-order valence-corrected chi connectivity index (χ0v) is 45.3. The minimum Gasteiger partial charge on any atom is -0.462 e. The highest BCUT2D eigenvalue weighted by Gasteiger charge is 2.19. The van der Waals surface area contributed by atoms with E-state index in [9.17, 15) is 14.4 Å². The maximum absolute atomic E-state index is 12.9. The maximum atomic E-state index is 12.9. The molecule has 0 saturated carbocycles. The average molecular weight is 962 g/mol. The smallest absolute Gasteiger partial charge is 0.306 e. The molecule has 0 aromatic carbocycles. The van der Waals surface area contributed by atoms with Crippen LogP contribution in [0.15, 0.2) is 85.1 Å². The minimum atomic E-state index is -0.796. The first-order valence-electron chi connectivity index (χ1n) is 29.1. The first kappa shape index (κ1) is 65.6. The van der Waals surface area contributed by atoms with Gasteiger partial charge in [0.05, 0.1) is 0 Å². The van der Waals surface area contributed by atoms with E-state index < -0.39 is 6.10 Å². The number of unbranched alkanes of at least 4 members (excludes halogenated alkanes) is 27. The number of allylic oxidation sites excluding steroid dienone is 14. The topological polar surface area (TPSA) is 78.9 Å². The van der Waals surface area contributed by atoms with E-state index >= 15 is 0 Å². The second kappa shape index (κ2) is 57.2. The van der Waals surface area contributed by atoms with Gasteiger partial charge in [0.2, 0.25) is 0 Å². The summed E-state index contributed by atoms with van der Waals surface area (Å²) in [5.41, 5.74) is 0. The van der Waals surface area contributed by atoms with Crippen molar-refractivity contribution in [2.75, 3.05) is 13.2 Å². The summed E-state index contributed by atoms with van der Waals surface area (Å²) >= 11 is 0. The van der Waals surface area contributed by atoms with Gasteiger partial charge in [0.25, 0.3) is 0 Å². The highest BCUT2D eigenvalue weighted by molar-refractivity contribution is 5.71. The molecule has 0 aliphatic heterocycles. The van der Waals surface area contributed by atoms with Gasteiger partial charge in [-0.1, -0.05) is 254 Å². The molecule has 0 fully saturated rings. The molecule has 0 spiro atoms. The molecule has 0 heterocycles. The van der Waals surface area contributed by atoms with Gasteiger partial charge in [-0.05, 0) is 89.9 Å². The van der Waals surface area contributed by atoms with Crippen LogP contribution in [0.1, 0.15) is 278 Å². The van der Waals surface area contributed by atoms with Crippen LogP contribution >= 0.6 is 0 Å². The van der Waals surface area contributed by atoms with Crippen molar-refractivity contribution in [1.82, 2.24) is 0 Å². The molecule has 396 valence electrons. The number of ether oxygens (including phenoxy) is 3. The third kappa shape index (κ3) is 55.4. The van der Waals surface area contributed by atoms with E-state index in [4.69, 9.17) is 14.2 Å². The van der Waals surface area contributed by atoms with E-state index in [1.54, 1.807) is 0 Å². The molecule has 0 radical (unpaired) electrons. The van der Waals surface area contributed by atoms with Crippen molar-refractivity contribution in [2.24, 2.45) is 0 Å². The Bertz CT molecular complexity index is 1330. The SMILES string of the molecule is CC/C=C\C/C=C\C/C=C\C/C=C\C/C=C\C/C=C\CCCCC(=O)OCC(COC(=O)CCCCCCC/C=C\CCC)OC(=O)CCCCCCCCCCCCCCCCCCCCCC. The van der Waals surface area contributed by atoms with E-state index in [0.29, 0.717) is 19.3 Å². The van der Waals surface area contributed by atoms with Crippen molar-refractivity contribution in [2.45, 2.75) is 284 Å². The van der Waals surface area contributed by atoms with Gasteiger partial charge in [0, 0.05) is 19.3 Å². The Balaban J connectivity index is 4.37. The highest BCUT2D eigenvalue weighted by Crippen LogP contribution is 2.16. The Morgan fingerprint density at radius 2 is 0.594 bits per heavy atom. The Morgan fingerprint density at radius 1 is 0.304 bits per heavy atom. The standard InChI is InChI=1S/C63H108O6/c1-4-7-10-13-16-19-22-24-26-28-30-32-34-35-37-39-41-44-47-50-53-56-62(65)68-59-60(58-67-61(64)55-52-49-46-43-21-18-15-12-9-6-3)69-63(66)57-54-51-48-45-42-40-38-36-33-31-29-27-25-23-20-17-14-11-8-5-2/h7,10,12,15-16,19,24,26,30,32,35,37,41,44,60H,4-6,8-9,11,13-14,17-18,20-23,25,27-29,31,33-34,36,38-40,42-43,45-59H2,1-3H3/b10-7-,15-12-,19-16-,26-24-,32-30-,37-35-,44-41-. The monoisotopic (exact) mass is 961 g/mol. The molecule has 1 atom stereocenters. The summed E-state index contributed by atoms with van der Waals surface area (Å²) in [4.78, 5) is 38.1. The van der Waals surface area contributed by atoms with E-state index in [0.717, 1.165) is 116 Å². The van der Waals surface area contributed by atoms with Crippen LogP contribution in [-0.4, -0.2) is 37.2 Å². The predicted molar refractivity (Wildman–Crippen MR) is 297 cm³/mol. The molecule has 0 saturated heterocycles. The van der Waals surface area contributed by atoms with Crippen LogP contribution < -0.4 is 0 Å². The van der Waals surface area contributed by atoms with Gasteiger partial charge >= 0.3 is 17.9 Å². The molecular formula is C63H108O6. The second-order valence-electron chi connectivity index (χ2n) is 19.2. The molecule has 6 nitrogen and oxygen atoms in total. The summed E-state index contributed by atoms with van der Waals surface area (Å²) in [5, 5.41) is 0. The largest absolute Gasteiger partial charge is 0.462 e. The number of hydrogen-bond acceptors (Lipinski definition) is 6. The molecule has 1 unspecified atom stereocenters. The molecule has 0 N–H and O–H groups in total. The van der Waals surface area contributed by atoms with E-state index in [2.05, 4.69) is 106 Å². The zero-order chi connectivity index (χ0) is 50.0. The van der Waals surface area contributed by atoms with E-state index in [1.165, 1.54) is 122 Å². The Labute approximate surface area is 426 Å². The molecule has 69 heavy (non-hydrogen) atoms. The molecule has 0 aromatic rings. The average Bonchev–Trinajstić information content (AvgIpc) is 3.35. The van der Waals surface area contributed by atoms with Crippen molar-refractivity contribution in [3.63, 3.8) is 0 Å². The fraction of sp³-hybridized carbons (Fsp3) is 0.730. The third-order valence-electron chi connectivity index (χ3n) is 12.4. The lowest BCUT2D eigenvalue weighted by Crippen LogP contribution is -2.30. The van der Waals surface area contributed by atoms with Gasteiger partial charge in [-0.15, -0.1) is 0 Å². The van der Waals surface area contributed by atoms with Gasteiger partial charge < -0.3 is 14.2 Å². The van der Waals surface area contributed by atoms with Gasteiger partial charge in [-0.25, -0.2) is 0 Å². The molecule has 6 heteroatoms. The lowest BCUT2D eigenvalue weighted by molar-refractivity contribution is -0.167. The van der Waals surface area contributed by atoms with Gasteiger partial charge in [-0.3, -0.25) is 14.4 Å².